The Morgan fingerprint density at radius 2 is 1.84 bits per heavy atom. The maximum Gasteiger partial charge on any atom is 0.0703 e. The average Bonchev–Trinajstić information content (AvgIpc) is 2.76. The molecule has 3 heteroatoms. The minimum absolute atomic E-state index is 0.395. The van der Waals surface area contributed by atoms with E-state index in [1.807, 2.05) is 0 Å². The van der Waals surface area contributed by atoms with Crippen molar-refractivity contribution >= 4 is 0 Å². The molecular formula is C16H28N2O. The highest BCUT2D eigenvalue weighted by atomic mass is 16.3. The highest BCUT2D eigenvalue weighted by molar-refractivity contribution is 5.13. The van der Waals surface area contributed by atoms with Crippen LogP contribution in [0.3, 0.4) is 0 Å². The molecule has 1 aliphatic rings. The van der Waals surface area contributed by atoms with Gasteiger partial charge in [-0.25, -0.2) is 0 Å². The Labute approximate surface area is 117 Å². The quantitative estimate of drug-likeness (QED) is 0.905. The number of hydrogen-bond acceptors (Lipinski definition) is 2. The predicted octanol–water partition coefficient (Wildman–Crippen LogP) is 3.34. The molecule has 1 saturated carbocycles. The third kappa shape index (κ3) is 3.38. The minimum atomic E-state index is -0.520. The third-order valence-corrected chi connectivity index (χ3v) is 4.62. The second kappa shape index (κ2) is 5.28. The van der Waals surface area contributed by atoms with E-state index in [2.05, 4.69) is 43.5 Å². The van der Waals surface area contributed by atoms with Gasteiger partial charge in [-0.05, 0) is 50.5 Å². The smallest absolute Gasteiger partial charge is 0.0703 e. The summed E-state index contributed by atoms with van der Waals surface area (Å²) in [5.41, 5.74) is 2.21. The van der Waals surface area contributed by atoms with Crippen molar-refractivity contribution in [1.29, 1.82) is 0 Å². The van der Waals surface area contributed by atoms with Crippen LogP contribution in [-0.4, -0.2) is 20.5 Å². The zero-order valence-corrected chi connectivity index (χ0v) is 12.9. The first-order chi connectivity index (χ1) is 8.87. The monoisotopic (exact) mass is 264 g/mol. The van der Waals surface area contributed by atoms with Crippen LogP contribution in [0, 0.1) is 5.41 Å². The van der Waals surface area contributed by atoms with Gasteiger partial charge in [-0.15, -0.1) is 0 Å². The molecule has 0 amide bonds. The summed E-state index contributed by atoms with van der Waals surface area (Å²) in [6.45, 7) is 9.74. The van der Waals surface area contributed by atoms with Gasteiger partial charge in [-0.2, -0.15) is 5.10 Å². The van der Waals surface area contributed by atoms with E-state index in [4.69, 9.17) is 0 Å². The molecule has 0 aliphatic heterocycles. The zero-order chi connectivity index (χ0) is 14.1. The van der Waals surface area contributed by atoms with Crippen LogP contribution in [-0.2, 0) is 19.4 Å². The summed E-state index contributed by atoms with van der Waals surface area (Å²) in [5.74, 6) is 0. The van der Waals surface area contributed by atoms with Crippen LogP contribution in [0.5, 0.6) is 0 Å². The minimum Gasteiger partial charge on any atom is -0.389 e. The van der Waals surface area contributed by atoms with Crippen LogP contribution >= 0.6 is 0 Å². The summed E-state index contributed by atoms with van der Waals surface area (Å²) < 4.78 is 2.05. The van der Waals surface area contributed by atoms with E-state index >= 15 is 0 Å². The van der Waals surface area contributed by atoms with Gasteiger partial charge in [0.25, 0.3) is 0 Å². The highest BCUT2D eigenvalue weighted by Crippen LogP contribution is 2.41. The van der Waals surface area contributed by atoms with Crippen LogP contribution in [0.4, 0.5) is 0 Å². The van der Waals surface area contributed by atoms with E-state index in [0.717, 1.165) is 50.8 Å². The number of hydrogen-bond donors (Lipinski definition) is 1. The first-order valence-corrected chi connectivity index (χ1v) is 7.65. The van der Waals surface area contributed by atoms with Crippen LogP contribution in [0.15, 0.2) is 6.07 Å². The Morgan fingerprint density at radius 3 is 2.37 bits per heavy atom. The van der Waals surface area contributed by atoms with Gasteiger partial charge in [0.2, 0.25) is 0 Å². The SMILES string of the molecule is CCc1cc(CC2(O)CCC(C)(C)CC2)n(CC)n1. The van der Waals surface area contributed by atoms with E-state index in [-0.39, 0.29) is 0 Å². The first-order valence-electron chi connectivity index (χ1n) is 7.65. The topological polar surface area (TPSA) is 38.0 Å². The third-order valence-electron chi connectivity index (χ3n) is 4.62. The molecule has 0 unspecified atom stereocenters. The molecule has 0 spiro atoms. The van der Waals surface area contributed by atoms with E-state index in [9.17, 15) is 5.11 Å². The molecule has 1 aliphatic carbocycles. The molecule has 108 valence electrons. The maximum atomic E-state index is 10.8. The van der Waals surface area contributed by atoms with Gasteiger partial charge in [0.1, 0.15) is 0 Å². The van der Waals surface area contributed by atoms with Crippen molar-refractivity contribution in [1.82, 2.24) is 9.78 Å². The van der Waals surface area contributed by atoms with Gasteiger partial charge in [0.15, 0.2) is 0 Å². The Hall–Kier alpha value is -0.830. The van der Waals surface area contributed by atoms with Crippen molar-refractivity contribution in [2.45, 2.75) is 78.4 Å². The molecule has 0 radical (unpaired) electrons. The van der Waals surface area contributed by atoms with Crippen LogP contribution in [0.2, 0.25) is 0 Å². The fourth-order valence-corrected chi connectivity index (χ4v) is 3.01. The lowest BCUT2D eigenvalue weighted by Crippen LogP contribution is -2.39. The summed E-state index contributed by atoms with van der Waals surface area (Å²) in [5, 5.41) is 15.4. The molecule has 3 nitrogen and oxygen atoms in total. The van der Waals surface area contributed by atoms with E-state index in [1.54, 1.807) is 0 Å². The van der Waals surface area contributed by atoms with Gasteiger partial charge in [0.05, 0.1) is 11.3 Å². The molecule has 0 saturated heterocycles. The summed E-state index contributed by atoms with van der Waals surface area (Å²) in [6.07, 6.45) is 5.77. The lowest BCUT2D eigenvalue weighted by Gasteiger charge is -2.40. The summed E-state index contributed by atoms with van der Waals surface area (Å²) in [4.78, 5) is 0. The summed E-state index contributed by atoms with van der Waals surface area (Å²) in [6, 6.07) is 2.17. The van der Waals surface area contributed by atoms with Crippen molar-refractivity contribution in [3.8, 4) is 0 Å². The number of rotatable bonds is 4. The fraction of sp³-hybridized carbons (Fsp3) is 0.812. The summed E-state index contributed by atoms with van der Waals surface area (Å²) in [7, 11) is 0. The molecule has 19 heavy (non-hydrogen) atoms. The lowest BCUT2D eigenvalue weighted by molar-refractivity contribution is -0.0265. The van der Waals surface area contributed by atoms with Crippen molar-refractivity contribution in [2.75, 3.05) is 0 Å². The fourth-order valence-electron chi connectivity index (χ4n) is 3.01. The van der Waals surface area contributed by atoms with Gasteiger partial charge >= 0.3 is 0 Å². The van der Waals surface area contributed by atoms with Gasteiger partial charge in [-0.1, -0.05) is 20.8 Å². The zero-order valence-electron chi connectivity index (χ0n) is 12.9. The van der Waals surface area contributed by atoms with Crippen LogP contribution in [0.25, 0.3) is 0 Å². The molecule has 1 aromatic heterocycles. The van der Waals surface area contributed by atoms with Crippen molar-refractivity contribution in [2.24, 2.45) is 5.41 Å². The molecule has 0 aromatic carbocycles. The van der Waals surface area contributed by atoms with Gasteiger partial charge < -0.3 is 5.11 Å². The first kappa shape index (κ1) is 14.6. The molecule has 1 N–H and O–H groups in total. The van der Waals surface area contributed by atoms with Gasteiger partial charge in [0, 0.05) is 18.7 Å². The normalized spacial score (nSPS) is 21.5. The molecular weight excluding hydrogens is 236 g/mol. The Balaban J connectivity index is 2.10. The highest BCUT2D eigenvalue weighted by Gasteiger charge is 2.37. The van der Waals surface area contributed by atoms with Crippen molar-refractivity contribution < 1.29 is 5.11 Å². The van der Waals surface area contributed by atoms with E-state index in [1.165, 1.54) is 5.69 Å². The number of nitrogens with zero attached hydrogens (tertiary/aromatic N) is 2. The second-order valence-corrected chi connectivity index (χ2v) is 6.86. The van der Waals surface area contributed by atoms with Crippen molar-refractivity contribution in [3.05, 3.63) is 17.5 Å². The molecule has 0 bridgehead atoms. The standard InChI is InChI=1S/C16H28N2O/c1-5-13-11-14(18(6-2)17-13)12-16(19)9-7-15(3,4)8-10-16/h11,19H,5-10,12H2,1-4H3. The number of aryl methyl sites for hydroxylation is 2. The largest absolute Gasteiger partial charge is 0.389 e. The average molecular weight is 264 g/mol. The molecule has 1 fully saturated rings. The second-order valence-electron chi connectivity index (χ2n) is 6.86. The number of aliphatic hydroxyl groups is 1. The van der Waals surface area contributed by atoms with Crippen LogP contribution < -0.4 is 0 Å². The lowest BCUT2D eigenvalue weighted by atomic mass is 9.69. The van der Waals surface area contributed by atoms with E-state index < -0.39 is 5.60 Å². The maximum absolute atomic E-state index is 10.8. The molecule has 0 atom stereocenters. The summed E-state index contributed by atoms with van der Waals surface area (Å²) >= 11 is 0. The Morgan fingerprint density at radius 1 is 1.21 bits per heavy atom. The molecule has 2 rings (SSSR count). The van der Waals surface area contributed by atoms with E-state index in [0.29, 0.717) is 5.41 Å². The van der Waals surface area contributed by atoms with Crippen LogP contribution in [0.1, 0.15) is 64.8 Å². The van der Waals surface area contributed by atoms with Crippen molar-refractivity contribution in [3.63, 3.8) is 0 Å². The molecule has 1 heterocycles. The predicted molar refractivity (Wildman–Crippen MR) is 78.2 cm³/mol. The van der Waals surface area contributed by atoms with Gasteiger partial charge in [-0.3, -0.25) is 4.68 Å². The molecule has 1 aromatic rings. The Kier molecular flexibility index (Phi) is 4.05. The number of aromatic nitrogens is 2. The Bertz CT molecular complexity index is 424.